The molecule has 0 spiro atoms. The molecule has 0 fully saturated rings. The Morgan fingerprint density at radius 1 is 1.38 bits per heavy atom. The van der Waals surface area contributed by atoms with Crippen molar-refractivity contribution in [2.24, 2.45) is 16.1 Å². The highest BCUT2D eigenvalue weighted by atomic mass is 127. The van der Waals surface area contributed by atoms with Crippen molar-refractivity contribution in [2.45, 2.75) is 40.0 Å². The second-order valence-corrected chi connectivity index (χ2v) is 4.95. The lowest BCUT2D eigenvalue weighted by atomic mass is 9.90. The van der Waals surface area contributed by atoms with Crippen LogP contribution < -0.4 is 11.1 Å². The van der Waals surface area contributed by atoms with Crippen LogP contribution in [0.2, 0.25) is 0 Å². The molecule has 3 nitrogen and oxygen atoms in total. The van der Waals surface area contributed by atoms with Crippen LogP contribution in [0.25, 0.3) is 0 Å². The summed E-state index contributed by atoms with van der Waals surface area (Å²) in [6, 6.07) is 0. The molecule has 0 aliphatic carbocycles. The van der Waals surface area contributed by atoms with Crippen LogP contribution in [0.3, 0.4) is 0 Å². The summed E-state index contributed by atoms with van der Waals surface area (Å²) in [5, 5.41) is 2.95. The molecule has 0 amide bonds. The Kier molecular flexibility index (Phi) is 11.2. The van der Waals surface area contributed by atoms with Gasteiger partial charge in [0.2, 0.25) is 0 Å². The number of guanidine groups is 1. The lowest BCUT2D eigenvalue weighted by Gasteiger charge is -2.17. The molecular weight excluding hydrogens is 313 g/mol. The van der Waals surface area contributed by atoms with Crippen molar-refractivity contribution in [1.82, 2.24) is 5.32 Å². The fraction of sp³-hybridized carbons (Fsp3) is 0.750. The van der Waals surface area contributed by atoms with Crippen molar-refractivity contribution in [1.29, 1.82) is 0 Å². The smallest absolute Gasteiger partial charge is 0.188 e. The zero-order valence-corrected chi connectivity index (χ0v) is 13.1. The van der Waals surface area contributed by atoms with Gasteiger partial charge in [0.25, 0.3) is 0 Å². The first-order valence-corrected chi connectivity index (χ1v) is 5.60. The van der Waals surface area contributed by atoms with E-state index in [4.69, 9.17) is 5.73 Å². The normalized spacial score (nSPS) is 11.8. The van der Waals surface area contributed by atoms with Gasteiger partial charge in [0, 0.05) is 13.1 Å². The number of halogens is 1. The lowest BCUT2D eigenvalue weighted by molar-refractivity contribution is 0.361. The molecule has 0 atom stereocenters. The van der Waals surface area contributed by atoms with Gasteiger partial charge in [0.15, 0.2) is 5.96 Å². The van der Waals surface area contributed by atoms with Gasteiger partial charge >= 0.3 is 0 Å². The van der Waals surface area contributed by atoms with Crippen molar-refractivity contribution < 1.29 is 0 Å². The van der Waals surface area contributed by atoms with E-state index in [9.17, 15) is 0 Å². The van der Waals surface area contributed by atoms with Gasteiger partial charge in [-0.1, -0.05) is 33.3 Å². The molecule has 0 aliphatic heterocycles. The number of hydrogen-bond donors (Lipinski definition) is 2. The minimum atomic E-state index is 0. The van der Waals surface area contributed by atoms with E-state index in [-0.39, 0.29) is 24.0 Å². The van der Waals surface area contributed by atoms with Crippen molar-refractivity contribution >= 4 is 29.9 Å². The van der Waals surface area contributed by atoms with Crippen LogP contribution in [0.15, 0.2) is 17.6 Å². The van der Waals surface area contributed by atoms with Gasteiger partial charge in [0.1, 0.15) is 0 Å². The average Bonchev–Trinajstić information content (AvgIpc) is 2.12. The van der Waals surface area contributed by atoms with Crippen LogP contribution in [0.5, 0.6) is 0 Å². The van der Waals surface area contributed by atoms with Gasteiger partial charge in [-0.2, -0.15) is 0 Å². The van der Waals surface area contributed by atoms with E-state index in [1.54, 1.807) is 6.08 Å². The van der Waals surface area contributed by atoms with Crippen LogP contribution in [-0.2, 0) is 0 Å². The minimum Gasteiger partial charge on any atom is -0.370 e. The van der Waals surface area contributed by atoms with Crippen LogP contribution in [-0.4, -0.2) is 19.0 Å². The van der Waals surface area contributed by atoms with E-state index in [1.165, 1.54) is 12.8 Å². The topological polar surface area (TPSA) is 50.4 Å². The van der Waals surface area contributed by atoms with E-state index in [0.29, 0.717) is 17.9 Å². The number of nitrogens with zero attached hydrogens (tertiary/aromatic N) is 1. The van der Waals surface area contributed by atoms with Crippen LogP contribution in [0.1, 0.15) is 40.0 Å². The van der Waals surface area contributed by atoms with E-state index >= 15 is 0 Å². The van der Waals surface area contributed by atoms with E-state index in [2.05, 4.69) is 37.7 Å². The van der Waals surface area contributed by atoms with Crippen molar-refractivity contribution in [3.8, 4) is 0 Å². The van der Waals surface area contributed by atoms with Crippen LogP contribution >= 0.6 is 24.0 Å². The third-order valence-electron chi connectivity index (χ3n) is 2.04. The molecule has 0 bridgehead atoms. The Labute approximate surface area is 117 Å². The van der Waals surface area contributed by atoms with Gasteiger partial charge in [-0.25, -0.2) is 0 Å². The molecule has 16 heavy (non-hydrogen) atoms. The average molecular weight is 339 g/mol. The van der Waals surface area contributed by atoms with Crippen molar-refractivity contribution in [3.05, 3.63) is 12.7 Å². The number of aliphatic imine (C=N–C) groups is 1. The zero-order valence-electron chi connectivity index (χ0n) is 10.8. The highest BCUT2D eigenvalue weighted by molar-refractivity contribution is 14.0. The number of nitrogens with two attached hydrogens (primary N) is 1. The van der Waals surface area contributed by atoms with Gasteiger partial charge in [-0.3, -0.25) is 4.99 Å². The number of nitrogens with one attached hydrogen (secondary N) is 1. The summed E-state index contributed by atoms with van der Waals surface area (Å²) in [6.45, 7) is 11.9. The summed E-state index contributed by atoms with van der Waals surface area (Å²) in [5.74, 6) is 0.519. The lowest BCUT2D eigenvalue weighted by Crippen LogP contribution is -2.31. The maximum atomic E-state index is 5.62. The first-order chi connectivity index (χ1) is 6.95. The first-order valence-electron chi connectivity index (χ1n) is 5.60. The molecule has 0 unspecified atom stereocenters. The van der Waals surface area contributed by atoms with Gasteiger partial charge < -0.3 is 11.1 Å². The molecule has 96 valence electrons. The fourth-order valence-corrected chi connectivity index (χ4v) is 1.20. The highest BCUT2D eigenvalue weighted by Gasteiger charge is 2.08. The molecule has 0 aromatic heterocycles. The summed E-state index contributed by atoms with van der Waals surface area (Å²) in [7, 11) is 0. The Morgan fingerprint density at radius 2 is 2.00 bits per heavy atom. The summed E-state index contributed by atoms with van der Waals surface area (Å²) >= 11 is 0. The van der Waals surface area contributed by atoms with Gasteiger partial charge in [-0.15, -0.1) is 30.6 Å². The van der Waals surface area contributed by atoms with Gasteiger partial charge in [-0.05, 0) is 18.3 Å². The quantitative estimate of drug-likeness (QED) is 0.257. The number of rotatable bonds is 6. The predicted octanol–water partition coefficient (Wildman–Crippen LogP) is 2.91. The summed E-state index contributed by atoms with van der Waals surface area (Å²) in [5.41, 5.74) is 6.05. The van der Waals surface area contributed by atoms with Crippen molar-refractivity contribution in [2.75, 3.05) is 13.1 Å². The molecule has 0 heterocycles. The van der Waals surface area contributed by atoms with E-state index < -0.39 is 0 Å². The molecule has 0 saturated heterocycles. The maximum absolute atomic E-state index is 5.62. The Hall–Kier alpha value is -0.260. The molecule has 0 aliphatic rings. The summed E-state index contributed by atoms with van der Waals surface area (Å²) in [4.78, 5) is 4.22. The van der Waals surface area contributed by atoms with Crippen molar-refractivity contribution in [3.63, 3.8) is 0 Å². The predicted molar refractivity (Wildman–Crippen MR) is 83.4 cm³/mol. The molecule has 0 rings (SSSR count). The third-order valence-corrected chi connectivity index (χ3v) is 2.04. The Morgan fingerprint density at radius 3 is 2.50 bits per heavy atom. The minimum absolute atomic E-state index is 0. The maximum Gasteiger partial charge on any atom is 0.188 e. The first kappa shape index (κ1) is 18.1. The number of hydrogen-bond acceptors (Lipinski definition) is 1. The molecule has 4 heteroatoms. The standard InChI is InChI=1S/C12H25N3.HI/c1-5-9-14-11(13)15-10-7-6-8-12(2,3)4;/h5H,1,6-10H2,2-4H3,(H3,13,14,15);1H. The number of unbranched alkanes of at least 4 members (excludes halogenated alkanes) is 1. The van der Waals surface area contributed by atoms with Gasteiger partial charge in [0.05, 0.1) is 0 Å². The van der Waals surface area contributed by atoms with Crippen LogP contribution in [0.4, 0.5) is 0 Å². The molecule has 3 N–H and O–H groups in total. The molecular formula is C12H26IN3. The third kappa shape index (κ3) is 13.7. The highest BCUT2D eigenvalue weighted by Crippen LogP contribution is 2.21. The monoisotopic (exact) mass is 339 g/mol. The second-order valence-electron chi connectivity index (χ2n) is 4.95. The molecule has 0 aromatic carbocycles. The second kappa shape index (κ2) is 9.93. The largest absolute Gasteiger partial charge is 0.370 e. The Bertz CT molecular complexity index is 207. The van der Waals surface area contributed by atoms with E-state index in [1.807, 2.05) is 0 Å². The molecule has 0 radical (unpaired) electrons. The fourth-order valence-electron chi connectivity index (χ4n) is 1.20. The Balaban J connectivity index is 0. The van der Waals surface area contributed by atoms with Crippen LogP contribution in [0, 0.1) is 5.41 Å². The summed E-state index contributed by atoms with van der Waals surface area (Å²) < 4.78 is 0. The molecule has 0 saturated carbocycles. The summed E-state index contributed by atoms with van der Waals surface area (Å²) in [6.07, 6.45) is 5.32. The SMILES string of the molecule is C=CCNC(N)=NCCCCC(C)(C)C.I. The zero-order chi connectivity index (χ0) is 11.7. The van der Waals surface area contributed by atoms with E-state index in [0.717, 1.165) is 13.0 Å². The molecule has 0 aromatic rings.